The first-order valence-corrected chi connectivity index (χ1v) is 11.1. The highest BCUT2D eigenvalue weighted by molar-refractivity contribution is 6.34. The van der Waals surface area contributed by atoms with E-state index in [0.29, 0.717) is 23.3 Å². The lowest BCUT2D eigenvalue weighted by Crippen LogP contribution is -2.38. The molecule has 0 atom stereocenters. The Labute approximate surface area is 192 Å². The number of carbonyl (C=O) groups is 1. The lowest BCUT2D eigenvalue weighted by atomic mass is 10.1. The van der Waals surface area contributed by atoms with Gasteiger partial charge in [0.1, 0.15) is 0 Å². The molecule has 2 saturated heterocycles. The normalized spacial score (nSPS) is 17.2. The molecule has 0 aromatic heterocycles. The van der Waals surface area contributed by atoms with Crippen molar-refractivity contribution in [1.29, 1.82) is 0 Å². The Morgan fingerprint density at radius 1 is 0.871 bits per heavy atom. The van der Waals surface area contributed by atoms with Gasteiger partial charge in [-0.25, -0.2) is 0 Å². The first-order chi connectivity index (χ1) is 15.1. The predicted molar refractivity (Wildman–Crippen MR) is 127 cm³/mol. The molecule has 1 N–H and O–H groups in total. The van der Waals surface area contributed by atoms with Crippen molar-refractivity contribution >= 4 is 52.2 Å². The molecular weight excluding hydrogens is 437 g/mol. The van der Waals surface area contributed by atoms with Gasteiger partial charge < -0.3 is 24.6 Å². The lowest BCUT2D eigenvalue weighted by Gasteiger charge is -2.33. The molecule has 2 aliphatic heterocycles. The molecule has 4 rings (SSSR count). The molecule has 31 heavy (non-hydrogen) atoms. The largest absolute Gasteiger partial charge is 0.378 e. The van der Waals surface area contributed by atoms with Gasteiger partial charge in [0, 0.05) is 48.0 Å². The van der Waals surface area contributed by atoms with Crippen molar-refractivity contribution in [2.45, 2.75) is 0 Å². The smallest absolute Gasteiger partial charge is 0.248 e. The molecule has 0 spiro atoms. The minimum absolute atomic E-state index is 0.218. The van der Waals surface area contributed by atoms with E-state index in [0.717, 1.165) is 62.0 Å². The molecule has 8 heteroatoms. The molecule has 0 aliphatic carbocycles. The minimum Gasteiger partial charge on any atom is -0.378 e. The van der Waals surface area contributed by atoms with Crippen LogP contribution in [-0.4, -0.2) is 58.5 Å². The van der Waals surface area contributed by atoms with Gasteiger partial charge in [-0.1, -0.05) is 23.2 Å². The average molecular weight is 462 g/mol. The minimum atomic E-state index is -0.218. The van der Waals surface area contributed by atoms with Gasteiger partial charge in [-0.2, -0.15) is 0 Å². The fourth-order valence-corrected chi connectivity index (χ4v) is 4.27. The monoisotopic (exact) mass is 461 g/mol. The number of hydrogen-bond acceptors (Lipinski definition) is 5. The van der Waals surface area contributed by atoms with E-state index in [1.165, 1.54) is 6.08 Å². The van der Waals surface area contributed by atoms with E-state index in [9.17, 15) is 4.79 Å². The maximum atomic E-state index is 12.6. The molecule has 6 nitrogen and oxygen atoms in total. The zero-order valence-electron chi connectivity index (χ0n) is 17.2. The third kappa shape index (κ3) is 5.92. The maximum absolute atomic E-state index is 12.6. The molecule has 2 aromatic carbocycles. The number of anilines is 3. The van der Waals surface area contributed by atoms with E-state index < -0.39 is 0 Å². The number of halogens is 2. The van der Waals surface area contributed by atoms with Crippen molar-refractivity contribution in [3.8, 4) is 0 Å². The van der Waals surface area contributed by atoms with Crippen molar-refractivity contribution in [3.63, 3.8) is 0 Å². The highest BCUT2D eigenvalue weighted by atomic mass is 35.5. The van der Waals surface area contributed by atoms with E-state index in [1.54, 1.807) is 24.3 Å². The Hall–Kier alpha value is -2.25. The average Bonchev–Trinajstić information content (AvgIpc) is 2.78. The summed E-state index contributed by atoms with van der Waals surface area (Å²) in [7, 11) is 0. The fraction of sp³-hybridized carbons (Fsp3) is 0.348. The van der Waals surface area contributed by atoms with Gasteiger partial charge in [0.15, 0.2) is 0 Å². The van der Waals surface area contributed by atoms with Crippen LogP contribution >= 0.6 is 23.2 Å². The van der Waals surface area contributed by atoms with Crippen molar-refractivity contribution in [2.75, 3.05) is 67.7 Å². The summed E-state index contributed by atoms with van der Waals surface area (Å²) in [6.07, 6.45) is 3.19. The van der Waals surface area contributed by atoms with Crippen LogP contribution in [0, 0.1) is 0 Å². The summed E-state index contributed by atoms with van der Waals surface area (Å²) >= 11 is 12.1. The molecule has 2 heterocycles. The molecule has 0 bridgehead atoms. The van der Waals surface area contributed by atoms with Crippen LogP contribution in [0.2, 0.25) is 10.0 Å². The summed E-state index contributed by atoms with van der Waals surface area (Å²) in [6.45, 7) is 6.08. The van der Waals surface area contributed by atoms with Gasteiger partial charge in [0.25, 0.3) is 0 Å². The number of amides is 1. The van der Waals surface area contributed by atoms with Gasteiger partial charge in [-0.05, 0) is 48.0 Å². The third-order valence-corrected chi connectivity index (χ3v) is 5.72. The molecule has 2 aliphatic rings. The Balaban J connectivity index is 1.54. The van der Waals surface area contributed by atoms with Gasteiger partial charge in [-0.15, -0.1) is 0 Å². The molecule has 164 valence electrons. The summed E-state index contributed by atoms with van der Waals surface area (Å²) in [5.41, 5.74) is 3.67. The second kappa shape index (κ2) is 10.4. The number of nitrogens with zero attached hydrogens (tertiary/aromatic N) is 2. The molecular formula is C23H25Cl2N3O3. The van der Waals surface area contributed by atoms with E-state index >= 15 is 0 Å². The van der Waals surface area contributed by atoms with Crippen LogP contribution < -0.4 is 15.1 Å². The standard InChI is InChI=1S/C23H25Cl2N3O3/c24-18-13-17(14-19(25)15-18)1-4-23(29)26-21-3-2-20(27-5-9-30-10-6-27)16-22(21)28-7-11-31-12-8-28/h1-4,13-16H,5-12H2,(H,26,29)/b4-1+. The van der Waals surface area contributed by atoms with Gasteiger partial charge in [0.2, 0.25) is 5.91 Å². The second-order valence-corrected chi connectivity index (χ2v) is 8.30. The van der Waals surface area contributed by atoms with Gasteiger partial charge in [-0.3, -0.25) is 4.79 Å². The van der Waals surface area contributed by atoms with Gasteiger partial charge >= 0.3 is 0 Å². The van der Waals surface area contributed by atoms with Crippen LogP contribution in [-0.2, 0) is 14.3 Å². The SMILES string of the molecule is O=C(/C=C/c1cc(Cl)cc(Cl)c1)Nc1ccc(N2CCOCC2)cc1N1CCOCC1. The molecule has 2 aromatic rings. The zero-order chi connectivity index (χ0) is 21.6. The quantitative estimate of drug-likeness (QED) is 0.671. The summed E-state index contributed by atoms with van der Waals surface area (Å²) in [5, 5.41) is 4.08. The Morgan fingerprint density at radius 3 is 2.13 bits per heavy atom. The number of carbonyl (C=O) groups excluding carboxylic acids is 1. The topological polar surface area (TPSA) is 54.0 Å². The first kappa shape index (κ1) is 22.0. The van der Waals surface area contributed by atoms with E-state index in [4.69, 9.17) is 32.7 Å². The fourth-order valence-electron chi connectivity index (χ4n) is 3.73. The summed E-state index contributed by atoms with van der Waals surface area (Å²) < 4.78 is 11.0. The summed E-state index contributed by atoms with van der Waals surface area (Å²) in [5.74, 6) is -0.218. The number of nitrogens with one attached hydrogen (secondary N) is 1. The Kier molecular flexibility index (Phi) is 7.35. The lowest BCUT2D eigenvalue weighted by molar-refractivity contribution is -0.111. The maximum Gasteiger partial charge on any atom is 0.248 e. The number of morpholine rings is 2. The van der Waals surface area contributed by atoms with Crippen LogP contribution in [0.15, 0.2) is 42.5 Å². The molecule has 2 fully saturated rings. The highest BCUT2D eigenvalue weighted by Crippen LogP contribution is 2.32. The third-order valence-electron chi connectivity index (χ3n) is 5.28. The highest BCUT2D eigenvalue weighted by Gasteiger charge is 2.19. The number of benzene rings is 2. The molecule has 0 saturated carbocycles. The van der Waals surface area contributed by atoms with Crippen LogP contribution in [0.1, 0.15) is 5.56 Å². The van der Waals surface area contributed by atoms with Crippen LogP contribution in [0.4, 0.5) is 17.1 Å². The van der Waals surface area contributed by atoms with Crippen molar-refractivity contribution in [1.82, 2.24) is 0 Å². The van der Waals surface area contributed by atoms with Crippen LogP contribution in [0.5, 0.6) is 0 Å². The van der Waals surface area contributed by atoms with E-state index in [2.05, 4.69) is 21.2 Å². The number of rotatable bonds is 5. The second-order valence-electron chi connectivity index (χ2n) is 7.43. The van der Waals surface area contributed by atoms with E-state index in [-0.39, 0.29) is 5.91 Å². The number of ether oxygens (including phenoxy) is 2. The first-order valence-electron chi connectivity index (χ1n) is 10.3. The Bertz CT molecular complexity index is 935. The molecule has 0 unspecified atom stereocenters. The predicted octanol–water partition coefficient (Wildman–Crippen LogP) is 4.32. The Morgan fingerprint density at radius 2 is 1.48 bits per heavy atom. The zero-order valence-corrected chi connectivity index (χ0v) is 18.7. The van der Waals surface area contributed by atoms with Crippen molar-refractivity contribution < 1.29 is 14.3 Å². The molecule has 1 amide bonds. The van der Waals surface area contributed by atoms with Crippen LogP contribution in [0.3, 0.4) is 0 Å². The van der Waals surface area contributed by atoms with Crippen molar-refractivity contribution in [3.05, 3.63) is 58.1 Å². The van der Waals surface area contributed by atoms with Crippen LogP contribution in [0.25, 0.3) is 6.08 Å². The van der Waals surface area contributed by atoms with Gasteiger partial charge in [0.05, 0.1) is 37.8 Å². The number of hydrogen-bond donors (Lipinski definition) is 1. The molecule has 0 radical (unpaired) electrons. The summed E-state index contributed by atoms with van der Waals surface area (Å²) in [6, 6.07) is 11.3. The van der Waals surface area contributed by atoms with E-state index in [1.807, 2.05) is 12.1 Å². The van der Waals surface area contributed by atoms with Crippen molar-refractivity contribution in [2.24, 2.45) is 0 Å². The summed E-state index contributed by atoms with van der Waals surface area (Å²) in [4.78, 5) is 17.2.